The minimum atomic E-state index is -1.18. The molecule has 2 amide bonds. The minimum absolute atomic E-state index is 0.0565. The van der Waals surface area contributed by atoms with Gasteiger partial charge in [0.25, 0.3) is 0 Å². The van der Waals surface area contributed by atoms with Crippen LogP contribution in [0.25, 0.3) is 11.0 Å². The average Bonchev–Trinajstić information content (AvgIpc) is 3.36. The number of rotatable bonds is 8. The van der Waals surface area contributed by atoms with Gasteiger partial charge < -0.3 is 19.9 Å². The number of aromatic nitrogens is 3. The molecule has 2 heterocycles. The first-order valence-electron chi connectivity index (χ1n) is 12.9. The van der Waals surface area contributed by atoms with E-state index in [2.05, 4.69) is 20.5 Å². The summed E-state index contributed by atoms with van der Waals surface area (Å²) in [4.78, 5) is 31.2. The molecule has 0 unspecified atom stereocenters. The van der Waals surface area contributed by atoms with Crippen molar-refractivity contribution in [3.63, 3.8) is 0 Å². The third-order valence-corrected chi connectivity index (χ3v) is 7.24. The summed E-state index contributed by atoms with van der Waals surface area (Å²) in [5, 5.41) is 11.9. The van der Waals surface area contributed by atoms with Crippen LogP contribution in [0.5, 0.6) is 0 Å². The summed E-state index contributed by atoms with van der Waals surface area (Å²) in [6, 6.07) is 22.4. The van der Waals surface area contributed by atoms with Crippen LogP contribution in [0.4, 0.5) is 11.4 Å². The van der Waals surface area contributed by atoms with Crippen LogP contribution in [0, 0.1) is 0 Å². The lowest BCUT2D eigenvalue weighted by molar-refractivity contribution is -0.145. The molecule has 0 aliphatic carbocycles. The fourth-order valence-electron chi connectivity index (χ4n) is 4.60. The molecule has 1 aromatic heterocycles. The number of nitrogens with zero attached hydrogens (tertiary/aromatic N) is 5. The van der Waals surface area contributed by atoms with Gasteiger partial charge in [0.1, 0.15) is 17.6 Å². The molecule has 0 saturated carbocycles. The van der Waals surface area contributed by atoms with Crippen LogP contribution < -0.4 is 10.2 Å². The molecule has 9 nitrogen and oxygen atoms in total. The number of ether oxygens (including phenoxy) is 1. The lowest BCUT2D eigenvalue weighted by Gasteiger charge is -2.37. The predicted octanol–water partition coefficient (Wildman–Crippen LogP) is 4.37. The number of morpholine rings is 1. The van der Waals surface area contributed by atoms with E-state index in [4.69, 9.17) is 16.3 Å². The van der Waals surface area contributed by atoms with Crippen LogP contribution >= 0.6 is 11.6 Å². The highest BCUT2D eigenvalue weighted by molar-refractivity contribution is 6.30. The Morgan fingerprint density at radius 1 is 1.00 bits per heavy atom. The molecule has 10 heteroatoms. The van der Waals surface area contributed by atoms with Crippen LogP contribution in [0.1, 0.15) is 19.4 Å². The number of hydrogen-bond donors (Lipinski definition) is 1. The molecule has 39 heavy (non-hydrogen) atoms. The summed E-state index contributed by atoms with van der Waals surface area (Å²) in [7, 11) is 0. The average molecular weight is 547 g/mol. The van der Waals surface area contributed by atoms with Crippen molar-refractivity contribution >= 4 is 45.8 Å². The van der Waals surface area contributed by atoms with E-state index in [1.54, 1.807) is 35.6 Å². The van der Waals surface area contributed by atoms with Gasteiger partial charge in [-0.05, 0) is 67.9 Å². The van der Waals surface area contributed by atoms with E-state index in [0.29, 0.717) is 29.4 Å². The van der Waals surface area contributed by atoms with Crippen LogP contribution in [0.3, 0.4) is 0 Å². The quantitative estimate of drug-likeness (QED) is 0.353. The second kappa shape index (κ2) is 11.4. The first-order valence-corrected chi connectivity index (χ1v) is 13.3. The summed E-state index contributed by atoms with van der Waals surface area (Å²) in [5.74, 6) is -0.559. The number of benzene rings is 3. The fourth-order valence-corrected chi connectivity index (χ4v) is 4.73. The van der Waals surface area contributed by atoms with Gasteiger partial charge in [0, 0.05) is 36.0 Å². The zero-order valence-electron chi connectivity index (χ0n) is 22.0. The molecule has 3 aromatic carbocycles. The molecule has 1 fully saturated rings. The Balaban J connectivity index is 1.36. The van der Waals surface area contributed by atoms with E-state index in [9.17, 15) is 9.59 Å². The normalized spacial score (nSPS) is 13.9. The monoisotopic (exact) mass is 546 g/mol. The third kappa shape index (κ3) is 6.05. The van der Waals surface area contributed by atoms with Gasteiger partial charge in [0.2, 0.25) is 11.8 Å². The van der Waals surface area contributed by atoms with Crippen molar-refractivity contribution in [3.8, 4) is 0 Å². The van der Waals surface area contributed by atoms with Gasteiger partial charge in [0.15, 0.2) is 0 Å². The predicted molar refractivity (Wildman–Crippen MR) is 152 cm³/mol. The highest BCUT2D eigenvalue weighted by Crippen LogP contribution is 2.25. The second-order valence-corrected chi connectivity index (χ2v) is 10.4. The summed E-state index contributed by atoms with van der Waals surface area (Å²) in [5.41, 5.74) is 2.86. The van der Waals surface area contributed by atoms with Crippen LogP contribution in [0.2, 0.25) is 5.02 Å². The Morgan fingerprint density at radius 2 is 1.69 bits per heavy atom. The smallest absolute Gasteiger partial charge is 0.249 e. The van der Waals surface area contributed by atoms with Gasteiger partial charge in [0.05, 0.1) is 18.7 Å². The summed E-state index contributed by atoms with van der Waals surface area (Å²) in [6.07, 6.45) is 0. The first-order chi connectivity index (χ1) is 18.8. The lowest BCUT2D eigenvalue weighted by atomic mass is 9.99. The Labute approximate surface area is 232 Å². The molecular formula is C29H31ClN6O3. The molecule has 4 aromatic rings. The van der Waals surface area contributed by atoms with Crippen molar-refractivity contribution < 1.29 is 14.3 Å². The number of anilines is 2. The molecule has 1 aliphatic rings. The zero-order chi connectivity index (χ0) is 27.4. The summed E-state index contributed by atoms with van der Waals surface area (Å²) in [6.45, 7) is 6.74. The first kappa shape index (κ1) is 26.6. The molecule has 0 spiro atoms. The van der Waals surface area contributed by atoms with Gasteiger partial charge in [-0.1, -0.05) is 41.1 Å². The molecule has 5 rings (SSSR count). The summed E-state index contributed by atoms with van der Waals surface area (Å²) >= 11 is 6.08. The third-order valence-electron chi connectivity index (χ3n) is 6.99. The fraction of sp³-hybridized carbons (Fsp3) is 0.310. The van der Waals surface area contributed by atoms with Crippen molar-refractivity contribution in [1.29, 1.82) is 0 Å². The van der Waals surface area contributed by atoms with E-state index >= 15 is 0 Å². The Morgan fingerprint density at radius 3 is 2.41 bits per heavy atom. The van der Waals surface area contributed by atoms with E-state index in [-0.39, 0.29) is 24.9 Å². The van der Waals surface area contributed by atoms with Crippen LogP contribution in [-0.2, 0) is 27.4 Å². The number of para-hydroxylation sites is 1. The maximum atomic E-state index is 13.8. The molecule has 1 aliphatic heterocycles. The largest absolute Gasteiger partial charge is 0.378 e. The van der Waals surface area contributed by atoms with Gasteiger partial charge in [-0.3, -0.25) is 9.59 Å². The standard InChI is InChI=1S/C29H31ClN6O3/c1-29(2,28(38)31-23-11-13-24(14-12-23)34-15-17-39-18-16-34)35(19-21-7-9-22(30)10-8-21)27(37)20-36-26-6-4-3-5-25(26)32-33-36/h3-14H,15-20H2,1-2H3,(H,31,38). The van der Waals surface area contributed by atoms with Crippen molar-refractivity contribution in [2.24, 2.45) is 0 Å². The van der Waals surface area contributed by atoms with Gasteiger partial charge in [-0.2, -0.15) is 0 Å². The highest BCUT2D eigenvalue weighted by Gasteiger charge is 2.38. The molecular weight excluding hydrogens is 516 g/mol. The molecule has 0 radical (unpaired) electrons. The van der Waals surface area contributed by atoms with Crippen molar-refractivity contribution in [1.82, 2.24) is 19.9 Å². The number of carbonyl (C=O) groups excluding carboxylic acids is 2. The highest BCUT2D eigenvalue weighted by atomic mass is 35.5. The number of fused-ring (bicyclic) bond motifs is 1. The van der Waals surface area contributed by atoms with Crippen LogP contribution in [0.15, 0.2) is 72.8 Å². The number of halogens is 1. The zero-order valence-corrected chi connectivity index (χ0v) is 22.8. The maximum absolute atomic E-state index is 13.8. The van der Waals surface area contributed by atoms with Gasteiger partial charge >= 0.3 is 0 Å². The molecule has 0 bridgehead atoms. The minimum Gasteiger partial charge on any atom is -0.378 e. The van der Waals surface area contributed by atoms with Crippen LogP contribution in [-0.4, -0.2) is 63.6 Å². The Hall–Kier alpha value is -3.95. The number of nitrogens with one attached hydrogen (secondary N) is 1. The number of hydrogen-bond acceptors (Lipinski definition) is 6. The van der Waals surface area contributed by atoms with E-state index in [1.807, 2.05) is 60.7 Å². The van der Waals surface area contributed by atoms with E-state index in [0.717, 1.165) is 29.9 Å². The summed E-state index contributed by atoms with van der Waals surface area (Å²) < 4.78 is 6.99. The topological polar surface area (TPSA) is 92.6 Å². The van der Waals surface area contributed by atoms with Gasteiger partial charge in [-0.15, -0.1) is 5.10 Å². The molecule has 0 atom stereocenters. The lowest BCUT2D eigenvalue weighted by Crippen LogP contribution is -2.55. The SMILES string of the molecule is CC(C)(C(=O)Nc1ccc(N2CCOCC2)cc1)N(Cc1ccc(Cl)cc1)C(=O)Cn1nnc2ccccc21. The van der Waals surface area contributed by atoms with Crippen molar-refractivity contribution in [3.05, 3.63) is 83.4 Å². The van der Waals surface area contributed by atoms with Crippen molar-refractivity contribution in [2.45, 2.75) is 32.5 Å². The Kier molecular flexibility index (Phi) is 7.81. The molecule has 202 valence electrons. The van der Waals surface area contributed by atoms with E-state index in [1.165, 1.54) is 0 Å². The van der Waals surface area contributed by atoms with Crippen molar-refractivity contribution in [2.75, 3.05) is 36.5 Å². The van der Waals surface area contributed by atoms with E-state index < -0.39 is 5.54 Å². The molecule has 1 saturated heterocycles. The molecule has 1 N–H and O–H groups in total. The Bertz CT molecular complexity index is 1450. The maximum Gasteiger partial charge on any atom is 0.249 e. The second-order valence-electron chi connectivity index (χ2n) is 10.0. The van der Waals surface area contributed by atoms with Gasteiger partial charge in [-0.25, -0.2) is 4.68 Å². The number of carbonyl (C=O) groups is 2. The number of amides is 2.